The summed E-state index contributed by atoms with van der Waals surface area (Å²) in [7, 11) is 0. The maximum absolute atomic E-state index is 8.72. The molecule has 0 unspecified atom stereocenters. The van der Waals surface area contributed by atoms with Crippen LogP contribution < -0.4 is 0 Å². The maximum Gasteiger partial charge on any atom is 0.0991 e. The van der Waals surface area contributed by atoms with Crippen molar-refractivity contribution >= 4 is 50.3 Å². The molecule has 4 heteroatoms. The van der Waals surface area contributed by atoms with E-state index in [1.807, 2.05) is 30.3 Å². The first kappa shape index (κ1) is 12.9. The highest BCUT2D eigenvalue weighted by Crippen LogP contribution is 2.31. The van der Waals surface area contributed by atoms with Crippen LogP contribution in [-0.2, 0) is 0 Å². The second kappa shape index (κ2) is 5.89. The van der Waals surface area contributed by atoms with Gasteiger partial charge in [0.25, 0.3) is 0 Å². The lowest BCUT2D eigenvalue weighted by Gasteiger charge is -2.03. The topological polar surface area (TPSA) is 23.8 Å². The summed E-state index contributed by atoms with van der Waals surface area (Å²) in [6.07, 6.45) is 0. The molecule has 17 heavy (non-hydrogen) atoms. The largest absolute Gasteiger partial charge is 0.192 e. The van der Waals surface area contributed by atoms with Gasteiger partial charge in [-0.1, -0.05) is 11.8 Å². The Morgan fingerprint density at radius 1 is 1.06 bits per heavy atom. The van der Waals surface area contributed by atoms with Crippen LogP contribution in [0.25, 0.3) is 0 Å². The van der Waals surface area contributed by atoms with Crippen molar-refractivity contribution in [3.8, 4) is 6.07 Å². The minimum absolute atomic E-state index is 0.694. The number of hydrogen-bond acceptors (Lipinski definition) is 2. The summed E-state index contributed by atoms with van der Waals surface area (Å²) in [4.78, 5) is 2.34. The Kier molecular flexibility index (Phi) is 4.48. The highest BCUT2D eigenvalue weighted by molar-refractivity contribution is 14.1. The summed E-state index contributed by atoms with van der Waals surface area (Å²) in [5, 5.41) is 8.72. The second-order valence-corrected chi connectivity index (χ2v) is 6.48. The van der Waals surface area contributed by atoms with E-state index in [4.69, 9.17) is 5.26 Å². The molecule has 0 atom stereocenters. The van der Waals surface area contributed by atoms with Gasteiger partial charge >= 0.3 is 0 Å². The van der Waals surface area contributed by atoms with Crippen molar-refractivity contribution < 1.29 is 0 Å². The molecular weight excluding hydrogens is 409 g/mol. The predicted octanol–water partition coefficient (Wildman–Crippen LogP) is 5.08. The molecule has 0 aliphatic carbocycles. The average molecular weight is 416 g/mol. The van der Waals surface area contributed by atoms with E-state index in [2.05, 4.69) is 56.7 Å². The lowest BCUT2D eigenvalue weighted by Crippen LogP contribution is -1.79. The Morgan fingerprint density at radius 3 is 2.29 bits per heavy atom. The van der Waals surface area contributed by atoms with Crippen LogP contribution in [0.1, 0.15) is 5.56 Å². The van der Waals surface area contributed by atoms with Gasteiger partial charge in [-0.2, -0.15) is 5.26 Å². The smallest absolute Gasteiger partial charge is 0.0991 e. The van der Waals surface area contributed by atoms with Gasteiger partial charge in [0.2, 0.25) is 0 Å². The van der Waals surface area contributed by atoms with Crippen molar-refractivity contribution in [3.63, 3.8) is 0 Å². The molecule has 1 nitrogen and oxygen atoms in total. The van der Waals surface area contributed by atoms with Gasteiger partial charge in [-0.15, -0.1) is 0 Å². The number of rotatable bonds is 2. The van der Waals surface area contributed by atoms with Crippen LogP contribution in [0.15, 0.2) is 56.7 Å². The molecule has 0 aliphatic rings. The van der Waals surface area contributed by atoms with E-state index in [0.29, 0.717) is 5.56 Å². The fraction of sp³-hybridized carbons (Fsp3) is 0. The molecule has 0 radical (unpaired) electrons. The van der Waals surface area contributed by atoms with Crippen molar-refractivity contribution in [1.29, 1.82) is 5.26 Å². The van der Waals surface area contributed by atoms with E-state index >= 15 is 0 Å². The second-order valence-electron chi connectivity index (χ2n) is 3.31. The molecule has 0 bridgehead atoms. The Morgan fingerprint density at radius 2 is 1.71 bits per heavy atom. The molecule has 0 N–H and O–H groups in total. The van der Waals surface area contributed by atoms with Crippen LogP contribution >= 0.6 is 50.3 Å². The molecule has 0 aromatic heterocycles. The first-order chi connectivity index (χ1) is 8.19. The molecule has 84 valence electrons. The number of nitrogens with zero attached hydrogens (tertiary/aromatic N) is 1. The Labute approximate surface area is 126 Å². The van der Waals surface area contributed by atoms with Crippen molar-refractivity contribution in [2.45, 2.75) is 9.79 Å². The molecule has 0 aliphatic heterocycles. The SMILES string of the molecule is N#Cc1ccc(Sc2ccc(Br)c(I)c2)cc1. The van der Waals surface area contributed by atoms with E-state index in [9.17, 15) is 0 Å². The van der Waals surface area contributed by atoms with Gasteiger partial charge in [-0.25, -0.2) is 0 Å². The highest BCUT2D eigenvalue weighted by Gasteiger charge is 2.01. The van der Waals surface area contributed by atoms with Crippen molar-refractivity contribution in [3.05, 3.63) is 56.1 Å². The van der Waals surface area contributed by atoms with Crippen LogP contribution in [-0.4, -0.2) is 0 Å². The number of nitriles is 1. The van der Waals surface area contributed by atoms with E-state index in [1.54, 1.807) is 11.8 Å². The summed E-state index contributed by atoms with van der Waals surface area (Å²) >= 11 is 7.48. The molecular formula is C13H7BrINS. The Balaban J connectivity index is 2.20. The normalized spacial score (nSPS) is 9.94. The molecule has 0 saturated heterocycles. The van der Waals surface area contributed by atoms with Crippen molar-refractivity contribution in [2.24, 2.45) is 0 Å². The monoisotopic (exact) mass is 415 g/mol. The predicted molar refractivity (Wildman–Crippen MR) is 82.1 cm³/mol. The number of benzene rings is 2. The van der Waals surface area contributed by atoms with E-state index in [0.717, 1.165) is 9.37 Å². The standard InChI is InChI=1S/C13H7BrINS/c14-12-6-5-11(7-13(12)15)17-10-3-1-9(8-16)2-4-10/h1-7H. The molecule has 0 saturated carbocycles. The van der Waals surface area contributed by atoms with Gasteiger partial charge in [0.05, 0.1) is 11.6 Å². The summed E-state index contributed by atoms with van der Waals surface area (Å²) in [6, 6.07) is 16.0. The summed E-state index contributed by atoms with van der Waals surface area (Å²) in [6.45, 7) is 0. The average Bonchev–Trinajstić information content (AvgIpc) is 2.35. The van der Waals surface area contributed by atoms with Gasteiger partial charge in [0.1, 0.15) is 0 Å². The van der Waals surface area contributed by atoms with Gasteiger partial charge in [-0.05, 0) is 81.0 Å². The fourth-order valence-electron chi connectivity index (χ4n) is 1.27. The molecule has 2 rings (SSSR count). The lowest BCUT2D eigenvalue weighted by atomic mass is 10.2. The fourth-order valence-corrected chi connectivity index (χ4v) is 3.10. The maximum atomic E-state index is 8.72. The summed E-state index contributed by atoms with van der Waals surface area (Å²) in [5.74, 6) is 0. The Bertz CT molecular complexity index is 575. The third kappa shape index (κ3) is 3.47. The minimum Gasteiger partial charge on any atom is -0.192 e. The van der Waals surface area contributed by atoms with E-state index in [1.165, 1.54) is 8.47 Å². The van der Waals surface area contributed by atoms with Crippen LogP contribution in [0.4, 0.5) is 0 Å². The summed E-state index contributed by atoms with van der Waals surface area (Å²) < 4.78 is 2.31. The number of hydrogen-bond donors (Lipinski definition) is 0. The van der Waals surface area contributed by atoms with E-state index < -0.39 is 0 Å². The number of halogens is 2. The van der Waals surface area contributed by atoms with Crippen molar-refractivity contribution in [2.75, 3.05) is 0 Å². The van der Waals surface area contributed by atoms with Crippen LogP contribution in [0.5, 0.6) is 0 Å². The van der Waals surface area contributed by atoms with Gasteiger partial charge < -0.3 is 0 Å². The zero-order valence-corrected chi connectivity index (χ0v) is 13.2. The quantitative estimate of drug-likeness (QED) is 0.639. The zero-order chi connectivity index (χ0) is 12.3. The molecule has 2 aromatic carbocycles. The van der Waals surface area contributed by atoms with Gasteiger partial charge in [0, 0.05) is 17.8 Å². The first-order valence-electron chi connectivity index (χ1n) is 4.82. The van der Waals surface area contributed by atoms with Crippen LogP contribution in [0.2, 0.25) is 0 Å². The lowest BCUT2D eigenvalue weighted by molar-refractivity contribution is 1.37. The summed E-state index contributed by atoms with van der Waals surface area (Å²) in [5.41, 5.74) is 0.694. The highest BCUT2D eigenvalue weighted by atomic mass is 127. The van der Waals surface area contributed by atoms with E-state index in [-0.39, 0.29) is 0 Å². The van der Waals surface area contributed by atoms with Gasteiger partial charge in [0.15, 0.2) is 0 Å². The third-order valence-corrected chi connectivity index (χ3v) is 5.43. The van der Waals surface area contributed by atoms with Crippen LogP contribution in [0.3, 0.4) is 0 Å². The molecule has 0 fully saturated rings. The Hall–Kier alpha value is -0.510. The minimum atomic E-state index is 0.694. The molecule has 0 amide bonds. The van der Waals surface area contributed by atoms with Crippen molar-refractivity contribution in [1.82, 2.24) is 0 Å². The molecule has 2 aromatic rings. The van der Waals surface area contributed by atoms with Gasteiger partial charge in [-0.3, -0.25) is 0 Å². The third-order valence-electron chi connectivity index (χ3n) is 2.11. The zero-order valence-electron chi connectivity index (χ0n) is 8.65. The first-order valence-corrected chi connectivity index (χ1v) is 7.51. The van der Waals surface area contributed by atoms with Crippen LogP contribution in [0, 0.1) is 14.9 Å². The molecule has 0 heterocycles. The molecule has 0 spiro atoms.